The molecular formula is C43H62N2O6. The summed E-state index contributed by atoms with van der Waals surface area (Å²) in [6.07, 6.45) is 11.1. The van der Waals surface area contributed by atoms with Gasteiger partial charge in [-0.3, -0.25) is 14.4 Å². The molecule has 0 spiro atoms. The predicted molar refractivity (Wildman–Crippen MR) is 199 cm³/mol. The van der Waals surface area contributed by atoms with E-state index < -0.39 is 23.7 Å². The normalized spacial score (nSPS) is 33.0. The number of fused-ring (bicyclic) bond motifs is 6. The quantitative estimate of drug-likeness (QED) is 0.239. The zero-order valence-corrected chi connectivity index (χ0v) is 32.3. The lowest BCUT2D eigenvalue weighted by Gasteiger charge is -2.61. The van der Waals surface area contributed by atoms with E-state index >= 15 is 0 Å². The number of aromatic nitrogens is 1. The highest BCUT2D eigenvalue weighted by Crippen LogP contribution is 2.67. The van der Waals surface area contributed by atoms with Crippen molar-refractivity contribution in [3.05, 3.63) is 36.0 Å². The molecule has 2 N–H and O–H groups in total. The molecule has 51 heavy (non-hydrogen) atoms. The van der Waals surface area contributed by atoms with Crippen LogP contribution in [0.2, 0.25) is 0 Å². The van der Waals surface area contributed by atoms with Crippen LogP contribution in [0.15, 0.2) is 30.5 Å². The fourth-order valence-electron chi connectivity index (χ4n) is 11.4. The van der Waals surface area contributed by atoms with Crippen molar-refractivity contribution in [2.75, 3.05) is 0 Å². The maximum atomic E-state index is 14.0. The van der Waals surface area contributed by atoms with Crippen LogP contribution < -0.4 is 5.32 Å². The van der Waals surface area contributed by atoms with E-state index in [1.165, 1.54) is 19.3 Å². The number of nitrogens with one attached hydrogen (secondary N) is 2. The van der Waals surface area contributed by atoms with Gasteiger partial charge in [-0.1, -0.05) is 45.9 Å². The molecular weight excluding hydrogens is 640 g/mol. The number of alkyl carbamates (subject to hydrolysis) is 1. The van der Waals surface area contributed by atoms with Crippen LogP contribution in [-0.2, 0) is 30.3 Å². The third-order valence-corrected chi connectivity index (χ3v) is 14.1. The number of hydrogen-bond donors (Lipinski definition) is 2. The Morgan fingerprint density at radius 3 is 2.35 bits per heavy atom. The number of Topliss-reactive ketones (excluding diaryl/α,β-unsaturated/α-hetero) is 2. The number of aromatic amines is 1. The summed E-state index contributed by atoms with van der Waals surface area (Å²) in [5.41, 5.74) is 1.54. The van der Waals surface area contributed by atoms with Gasteiger partial charge in [0.15, 0.2) is 5.78 Å². The highest BCUT2D eigenvalue weighted by Gasteiger charge is 2.61. The molecule has 6 rings (SSSR count). The molecule has 4 saturated carbocycles. The number of esters is 1. The highest BCUT2D eigenvalue weighted by molar-refractivity contribution is 5.92. The van der Waals surface area contributed by atoms with Crippen LogP contribution in [0.3, 0.4) is 0 Å². The topological polar surface area (TPSA) is 115 Å². The summed E-state index contributed by atoms with van der Waals surface area (Å²) in [6.45, 7) is 16.0. The van der Waals surface area contributed by atoms with Crippen LogP contribution in [0.4, 0.5) is 4.79 Å². The van der Waals surface area contributed by atoms with Crippen LogP contribution in [0.25, 0.3) is 10.9 Å². The first-order valence-corrected chi connectivity index (χ1v) is 19.8. The standard InChI is InChI=1S/C43H62N2O6/c1-25(2)32(23-38(47)37(45-40(49)51-41(4,5)6)21-27-24-44-36-12-10-9-11-30(27)36)39(48)50-29-17-19-42(7)28(22-29)13-14-31-34-16-15-33(26(3)46)43(34,8)20-18-35(31)42/h9-12,24-25,28-29,31-35,37,44H,13-23H2,1-8H3,(H,45,49)/t28?,29?,31-,32?,33?,34?,35?,37?,42-,43+/m0/s1. The highest BCUT2D eigenvalue weighted by atomic mass is 16.6. The Morgan fingerprint density at radius 1 is 0.941 bits per heavy atom. The molecule has 0 aliphatic heterocycles. The summed E-state index contributed by atoms with van der Waals surface area (Å²) < 4.78 is 11.9. The average Bonchev–Trinajstić information content (AvgIpc) is 3.63. The molecule has 8 heteroatoms. The second kappa shape index (κ2) is 14.3. The van der Waals surface area contributed by atoms with Gasteiger partial charge in [-0.15, -0.1) is 0 Å². The van der Waals surface area contributed by atoms with E-state index in [-0.39, 0.29) is 53.4 Å². The first-order chi connectivity index (χ1) is 24.0. The molecule has 1 heterocycles. The van der Waals surface area contributed by atoms with Gasteiger partial charge in [0.1, 0.15) is 17.5 Å². The fourth-order valence-corrected chi connectivity index (χ4v) is 11.4. The molecule has 4 aliphatic carbocycles. The number of ether oxygens (including phenoxy) is 2. The van der Waals surface area contributed by atoms with E-state index in [0.717, 1.165) is 55.0 Å². The summed E-state index contributed by atoms with van der Waals surface area (Å²) in [4.78, 5) is 56.7. The lowest BCUT2D eigenvalue weighted by atomic mass is 9.44. The second-order valence-corrected chi connectivity index (χ2v) is 18.6. The van der Waals surface area contributed by atoms with Crippen molar-refractivity contribution in [1.82, 2.24) is 10.3 Å². The van der Waals surface area contributed by atoms with Crippen LogP contribution in [0.5, 0.6) is 0 Å². The third-order valence-electron chi connectivity index (χ3n) is 14.1. The van der Waals surface area contributed by atoms with E-state index in [9.17, 15) is 19.2 Å². The number of hydrogen-bond acceptors (Lipinski definition) is 6. The molecule has 1 aromatic heterocycles. The Balaban J connectivity index is 1.11. The fraction of sp³-hybridized carbons (Fsp3) is 0.721. The third kappa shape index (κ3) is 7.53. The van der Waals surface area contributed by atoms with Gasteiger partial charge in [-0.05, 0) is 138 Å². The minimum absolute atomic E-state index is 0.0155. The van der Waals surface area contributed by atoms with Gasteiger partial charge in [0, 0.05) is 35.9 Å². The Labute approximate surface area is 304 Å². The number of amides is 1. The molecule has 1 aromatic carbocycles. The Morgan fingerprint density at radius 2 is 1.65 bits per heavy atom. The maximum absolute atomic E-state index is 14.0. The van der Waals surface area contributed by atoms with Gasteiger partial charge in [-0.2, -0.15) is 0 Å². The Kier molecular flexibility index (Phi) is 10.6. The lowest BCUT2D eigenvalue weighted by Crippen LogP contribution is -2.54. The van der Waals surface area contributed by atoms with Crippen LogP contribution >= 0.6 is 0 Å². The molecule has 0 radical (unpaired) electrons. The summed E-state index contributed by atoms with van der Waals surface area (Å²) in [7, 11) is 0. The number of benzene rings is 1. The van der Waals surface area contributed by atoms with Crippen molar-refractivity contribution in [3.63, 3.8) is 0 Å². The number of ketones is 2. The summed E-state index contributed by atoms with van der Waals surface area (Å²) in [5.74, 6) is 1.89. The zero-order valence-electron chi connectivity index (χ0n) is 32.3. The van der Waals surface area contributed by atoms with Gasteiger partial charge in [-0.25, -0.2) is 4.79 Å². The number of carbonyl (C=O) groups excluding carboxylic acids is 4. The van der Waals surface area contributed by atoms with Gasteiger partial charge in [0.2, 0.25) is 0 Å². The van der Waals surface area contributed by atoms with Gasteiger partial charge >= 0.3 is 12.1 Å². The van der Waals surface area contributed by atoms with E-state index in [1.807, 2.05) is 44.3 Å². The monoisotopic (exact) mass is 702 g/mol. The Hall–Kier alpha value is -3.16. The number of carbonyl (C=O) groups is 4. The number of para-hydroxylation sites is 1. The van der Waals surface area contributed by atoms with Crippen LogP contribution in [0, 0.1) is 52.3 Å². The van der Waals surface area contributed by atoms with Crippen LogP contribution in [-0.4, -0.2) is 46.4 Å². The zero-order chi connectivity index (χ0) is 36.9. The van der Waals surface area contributed by atoms with Crippen molar-refractivity contribution < 1.29 is 28.7 Å². The number of H-pyrrole nitrogens is 1. The second-order valence-electron chi connectivity index (χ2n) is 18.6. The summed E-state index contributed by atoms with van der Waals surface area (Å²) >= 11 is 0. The van der Waals surface area contributed by atoms with Gasteiger partial charge in [0.25, 0.3) is 0 Å². The SMILES string of the molecule is CC(=O)C1CCC2[C@@H]3CCC4CC(OC(=O)C(CC(=O)C(Cc5c[nH]c6ccccc56)NC(=O)OC(C)(C)C)C(C)C)CC[C@]4(C)C3CC[C@]12C. The van der Waals surface area contributed by atoms with Crippen molar-refractivity contribution in [2.45, 2.75) is 144 Å². The molecule has 10 atom stereocenters. The molecule has 1 amide bonds. The van der Waals surface area contributed by atoms with E-state index in [2.05, 4.69) is 24.1 Å². The molecule has 4 fully saturated rings. The molecule has 0 bridgehead atoms. The van der Waals surface area contributed by atoms with Crippen molar-refractivity contribution in [2.24, 2.45) is 52.3 Å². The average molecular weight is 703 g/mol. The molecule has 7 unspecified atom stereocenters. The van der Waals surface area contributed by atoms with E-state index in [0.29, 0.717) is 29.5 Å². The Bertz CT molecular complexity index is 1620. The van der Waals surface area contributed by atoms with Gasteiger partial charge < -0.3 is 19.8 Å². The van der Waals surface area contributed by atoms with Crippen molar-refractivity contribution >= 4 is 34.5 Å². The van der Waals surface area contributed by atoms with Crippen LogP contribution in [0.1, 0.15) is 125 Å². The van der Waals surface area contributed by atoms with E-state index in [4.69, 9.17) is 9.47 Å². The minimum Gasteiger partial charge on any atom is -0.462 e. The minimum atomic E-state index is -0.860. The molecule has 280 valence electrons. The first-order valence-electron chi connectivity index (χ1n) is 19.8. The van der Waals surface area contributed by atoms with Gasteiger partial charge in [0.05, 0.1) is 12.0 Å². The molecule has 0 saturated heterocycles. The predicted octanol–water partition coefficient (Wildman–Crippen LogP) is 8.99. The lowest BCUT2D eigenvalue weighted by molar-refractivity contribution is -0.169. The maximum Gasteiger partial charge on any atom is 0.408 e. The molecule has 2 aromatic rings. The molecule has 8 nitrogen and oxygen atoms in total. The van der Waals surface area contributed by atoms with E-state index in [1.54, 1.807) is 27.7 Å². The summed E-state index contributed by atoms with van der Waals surface area (Å²) in [5, 5.41) is 3.82. The largest absolute Gasteiger partial charge is 0.462 e. The molecule has 4 aliphatic rings. The first kappa shape index (κ1) is 37.6. The summed E-state index contributed by atoms with van der Waals surface area (Å²) in [6, 6.07) is 7.02. The number of rotatable bonds is 10. The smallest absolute Gasteiger partial charge is 0.408 e. The van der Waals surface area contributed by atoms with Crippen molar-refractivity contribution in [3.8, 4) is 0 Å². The van der Waals surface area contributed by atoms with Crippen molar-refractivity contribution in [1.29, 1.82) is 0 Å².